The van der Waals surface area contributed by atoms with Crippen molar-refractivity contribution in [2.75, 3.05) is 18.0 Å². The van der Waals surface area contributed by atoms with E-state index < -0.39 is 0 Å². The Bertz CT molecular complexity index is 322. The third kappa shape index (κ3) is 2.26. The van der Waals surface area contributed by atoms with Crippen LogP contribution >= 0.6 is 0 Å². The molecule has 1 aromatic rings. The molecule has 2 rings (SSSR count). The van der Waals surface area contributed by atoms with Crippen LogP contribution in [0.1, 0.15) is 19.5 Å². The van der Waals surface area contributed by atoms with Crippen molar-refractivity contribution in [3.05, 3.63) is 17.8 Å². The average molecular weight is 206 g/mol. The third-order valence-electron chi connectivity index (χ3n) is 2.84. The van der Waals surface area contributed by atoms with E-state index in [1.807, 2.05) is 13.0 Å². The first-order chi connectivity index (χ1) is 7.16. The molecule has 15 heavy (non-hydrogen) atoms. The maximum absolute atomic E-state index is 4.23. The van der Waals surface area contributed by atoms with E-state index in [0.29, 0.717) is 12.1 Å². The highest BCUT2D eigenvalue weighted by Gasteiger charge is 2.23. The first-order valence-electron chi connectivity index (χ1n) is 5.47. The monoisotopic (exact) mass is 206 g/mol. The van der Waals surface area contributed by atoms with Crippen LogP contribution in [0.3, 0.4) is 0 Å². The Morgan fingerprint density at radius 1 is 1.33 bits per heavy atom. The zero-order valence-corrected chi connectivity index (χ0v) is 9.57. The number of hydrogen-bond acceptors (Lipinski definition) is 4. The summed E-state index contributed by atoms with van der Waals surface area (Å²) >= 11 is 0. The fourth-order valence-electron chi connectivity index (χ4n) is 1.89. The number of nitrogens with zero attached hydrogens (tertiary/aromatic N) is 3. The smallest absolute Gasteiger partial charge is 0.151 e. The lowest BCUT2D eigenvalue weighted by Gasteiger charge is -2.38. The third-order valence-corrected chi connectivity index (χ3v) is 2.84. The predicted octanol–water partition coefficient (Wildman–Crippen LogP) is 0.972. The predicted molar refractivity (Wildman–Crippen MR) is 61.0 cm³/mol. The highest BCUT2D eigenvalue weighted by molar-refractivity contribution is 5.39. The van der Waals surface area contributed by atoms with Gasteiger partial charge in [0.2, 0.25) is 0 Å². The molecular formula is C11H18N4. The first-order valence-corrected chi connectivity index (χ1v) is 5.47. The standard InChI is InChI=1S/C11H18N4/c1-8-4-5-11(14-13-8)15-7-9(2)12-6-10(15)3/h4-5,9-10,12H,6-7H2,1-3H3. The maximum Gasteiger partial charge on any atom is 0.151 e. The van der Waals surface area contributed by atoms with E-state index in [9.17, 15) is 0 Å². The molecule has 0 aliphatic carbocycles. The van der Waals surface area contributed by atoms with Crippen molar-refractivity contribution < 1.29 is 0 Å². The Labute approximate surface area is 90.7 Å². The molecule has 82 valence electrons. The quantitative estimate of drug-likeness (QED) is 0.743. The van der Waals surface area contributed by atoms with Crippen LogP contribution in [0.5, 0.6) is 0 Å². The number of aryl methyl sites for hydroxylation is 1. The molecule has 4 heteroatoms. The van der Waals surface area contributed by atoms with Crippen molar-refractivity contribution >= 4 is 5.82 Å². The van der Waals surface area contributed by atoms with E-state index in [2.05, 4.69) is 40.3 Å². The molecule has 0 radical (unpaired) electrons. The summed E-state index contributed by atoms with van der Waals surface area (Å²) in [5, 5.41) is 11.8. The zero-order valence-electron chi connectivity index (χ0n) is 9.57. The highest BCUT2D eigenvalue weighted by atomic mass is 15.3. The van der Waals surface area contributed by atoms with Crippen molar-refractivity contribution in [2.45, 2.75) is 32.9 Å². The number of nitrogens with one attached hydrogen (secondary N) is 1. The SMILES string of the molecule is Cc1ccc(N2CC(C)NCC2C)nn1. The van der Waals surface area contributed by atoms with Gasteiger partial charge < -0.3 is 10.2 Å². The highest BCUT2D eigenvalue weighted by Crippen LogP contribution is 2.16. The summed E-state index contributed by atoms with van der Waals surface area (Å²) in [6, 6.07) is 5.07. The molecule has 4 nitrogen and oxygen atoms in total. The van der Waals surface area contributed by atoms with Crippen molar-refractivity contribution in [2.24, 2.45) is 0 Å². The Hall–Kier alpha value is -1.16. The van der Waals surface area contributed by atoms with Crippen LogP contribution in [0.4, 0.5) is 5.82 Å². The minimum Gasteiger partial charge on any atom is -0.350 e. The molecular weight excluding hydrogens is 188 g/mol. The van der Waals surface area contributed by atoms with E-state index >= 15 is 0 Å². The van der Waals surface area contributed by atoms with Gasteiger partial charge >= 0.3 is 0 Å². The molecule has 2 heterocycles. The Morgan fingerprint density at radius 2 is 2.13 bits per heavy atom. The summed E-state index contributed by atoms with van der Waals surface area (Å²) < 4.78 is 0. The lowest BCUT2D eigenvalue weighted by Crippen LogP contribution is -2.54. The van der Waals surface area contributed by atoms with E-state index in [4.69, 9.17) is 0 Å². The molecule has 1 N–H and O–H groups in total. The van der Waals surface area contributed by atoms with E-state index in [-0.39, 0.29) is 0 Å². The zero-order chi connectivity index (χ0) is 10.8. The van der Waals surface area contributed by atoms with Gasteiger partial charge in [0.1, 0.15) is 0 Å². The molecule has 1 aliphatic heterocycles. The van der Waals surface area contributed by atoms with Crippen LogP contribution in [0.2, 0.25) is 0 Å². The van der Waals surface area contributed by atoms with Crippen LogP contribution in [0.25, 0.3) is 0 Å². The summed E-state index contributed by atoms with van der Waals surface area (Å²) in [6.07, 6.45) is 0. The second-order valence-corrected chi connectivity index (χ2v) is 4.34. The summed E-state index contributed by atoms with van der Waals surface area (Å²) in [6.45, 7) is 8.37. The number of anilines is 1. The van der Waals surface area contributed by atoms with Crippen LogP contribution in [0.15, 0.2) is 12.1 Å². The molecule has 0 spiro atoms. The van der Waals surface area contributed by atoms with Gasteiger partial charge in [-0.25, -0.2) is 0 Å². The van der Waals surface area contributed by atoms with Crippen LogP contribution in [-0.4, -0.2) is 35.4 Å². The fraction of sp³-hybridized carbons (Fsp3) is 0.636. The van der Waals surface area contributed by atoms with Crippen molar-refractivity contribution in [1.29, 1.82) is 0 Å². The Kier molecular flexibility index (Phi) is 2.86. The van der Waals surface area contributed by atoms with Gasteiger partial charge in [-0.3, -0.25) is 0 Å². The molecule has 1 fully saturated rings. The topological polar surface area (TPSA) is 41.0 Å². The largest absolute Gasteiger partial charge is 0.350 e. The molecule has 2 unspecified atom stereocenters. The van der Waals surface area contributed by atoms with Gasteiger partial charge in [0.05, 0.1) is 5.69 Å². The van der Waals surface area contributed by atoms with Gasteiger partial charge in [-0.15, -0.1) is 5.10 Å². The molecule has 1 aliphatic rings. The second kappa shape index (κ2) is 4.14. The summed E-state index contributed by atoms with van der Waals surface area (Å²) in [4.78, 5) is 2.31. The minimum absolute atomic E-state index is 0.484. The maximum atomic E-state index is 4.23. The summed E-state index contributed by atoms with van der Waals surface area (Å²) in [7, 11) is 0. The number of piperazine rings is 1. The van der Waals surface area contributed by atoms with Crippen molar-refractivity contribution in [1.82, 2.24) is 15.5 Å². The molecule has 0 amide bonds. The van der Waals surface area contributed by atoms with E-state index in [0.717, 1.165) is 24.6 Å². The van der Waals surface area contributed by atoms with Gasteiger partial charge in [-0.05, 0) is 32.9 Å². The minimum atomic E-state index is 0.484. The lowest BCUT2D eigenvalue weighted by molar-refractivity contribution is 0.421. The number of hydrogen-bond donors (Lipinski definition) is 1. The fourth-order valence-corrected chi connectivity index (χ4v) is 1.89. The summed E-state index contributed by atoms with van der Waals surface area (Å²) in [5.41, 5.74) is 0.967. The number of rotatable bonds is 1. The van der Waals surface area contributed by atoms with E-state index in [1.54, 1.807) is 0 Å². The lowest BCUT2D eigenvalue weighted by atomic mass is 10.1. The van der Waals surface area contributed by atoms with Crippen LogP contribution in [-0.2, 0) is 0 Å². The van der Waals surface area contributed by atoms with Gasteiger partial charge in [0.25, 0.3) is 0 Å². The normalized spacial score (nSPS) is 26.7. The van der Waals surface area contributed by atoms with Crippen molar-refractivity contribution in [3.8, 4) is 0 Å². The van der Waals surface area contributed by atoms with E-state index in [1.165, 1.54) is 0 Å². The molecule has 0 bridgehead atoms. The van der Waals surface area contributed by atoms with Gasteiger partial charge in [0.15, 0.2) is 5.82 Å². The molecule has 1 aromatic heterocycles. The Morgan fingerprint density at radius 3 is 2.80 bits per heavy atom. The van der Waals surface area contributed by atoms with Crippen molar-refractivity contribution in [3.63, 3.8) is 0 Å². The number of aromatic nitrogens is 2. The summed E-state index contributed by atoms with van der Waals surface area (Å²) in [5.74, 6) is 0.987. The van der Waals surface area contributed by atoms with Gasteiger partial charge in [-0.1, -0.05) is 0 Å². The average Bonchev–Trinajstić information content (AvgIpc) is 2.23. The Balaban J connectivity index is 2.17. The van der Waals surface area contributed by atoms with Crippen LogP contribution < -0.4 is 10.2 Å². The first kappa shape index (κ1) is 10.4. The van der Waals surface area contributed by atoms with Crippen LogP contribution in [0, 0.1) is 6.92 Å². The van der Waals surface area contributed by atoms with Gasteiger partial charge in [0, 0.05) is 25.2 Å². The molecule has 2 atom stereocenters. The molecule has 0 saturated carbocycles. The van der Waals surface area contributed by atoms with Gasteiger partial charge in [-0.2, -0.15) is 5.10 Å². The molecule has 0 aromatic carbocycles. The molecule has 1 saturated heterocycles. The second-order valence-electron chi connectivity index (χ2n) is 4.34.